The molecule has 1 aromatic rings. The summed E-state index contributed by atoms with van der Waals surface area (Å²) >= 11 is 0. The van der Waals surface area contributed by atoms with Gasteiger partial charge in [0.25, 0.3) is 0 Å². The van der Waals surface area contributed by atoms with Crippen molar-refractivity contribution in [3.05, 3.63) is 22.6 Å². The number of imidazole rings is 1. The minimum atomic E-state index is -0.590. The largest absolute Gasteiger partial charge is 1.00 e. The molecule has 0 aliphatic carbocycles. The van der Waals surface area contributed by atoms with E-state index < -0.39 is 4.92 Å². The molecule has 0 fully saturated rings. The van der Waals surface area contributed by atoms with Crippen LogP contribution >= 0.6 is 0 Å². The average molecular weight is 135 g/mol. The summed E-state index contributed by atoms with van der Waals surface area (Å²) in [6.07, 6.45) is 2.23. The van der Waals surface area contributed by atoms with Gasteiger partial charge in [-0.3, -0.25) is 0 Å². The van der Waals surface area contributed by atoms with Crippen molar-refractivity contribution < 1.29 is 34.5 Å². The van der Waals surface area contributed by atoms with E-state index in [0.29, 0.717) is 0 Å². The summed E-state index contributed by atoms with van der Waals surface area (Å²) in [6.45, 7) is 0. The van der Waals surface area contributed by atoms with Crippen molar-refractivity contribution in [1.29, 1.82) is 0 Å². The Bertz CT molecular complexity index is 185. The minimum Gasteiger partial charge on any atom is -0.446 e. The second-order valence-corrected chi connectivity index (χ2v) is 1.14. The topological polar surface area (TPSA) is 70.1 Å². The average Bonchev–Trinajstić information content (AvgIpc) is 2.12. The molecule has 0 saturated carbocycles. The maximum atomic E-state index is 9.77. The van der Waals surface area contributed by atoms with Gasteiger partial charge in [0.15, 0.2) is 5.82 Å². The van der Waals surface area contributed by atoms with Gasteiger partial charge in [-0.15, -0.1) is 0 Å². The van der Waals surface area contributed by atoms with E-state index in [4.69, 9.17) is 0 Å². The fourth-order valence-electron chi connectivity index (χ4n) is 0.320. The minimum absolute atomic E-state index is 0. The Kier molecular flexibility index (Phi) is 3.44. The summed E-state index contributed by atoms with van der Waals surface area (Å²) in [7, 11) is 0. The van der Waals surface area contributed by atoms with Crippen LogP contribution < -0.4 is 34.5 Å². The van der Waals surface area contributed by atoms with Gasteiger partial charge in [0.05, 0.1) is 0 Å². The van der Waals surface area contributed by atoms with Crippen LogP contribution in [0, 0.1) is 10.1 Å². The molecule has 0 N–H and O–H groups in total. The Morgan fingerprint density at radius 2 is 2.44 bits per heavy atom. The maximum absolute atomic E-state index is 9.77. The van der Waals surface area contributed by atoms with Crippen LogP contribution in [-0.4, -0.2) is 9.91 Å². The van der Waals surface area contributed by atoms with Crippen LogP contribution in [0.1, 0.15) is 0 Å². The molecule has 1 rings (SSSR count). The zero-order valence-electron chi connectivity index (χ0n) is 4.81. The normalized spacial score (nSPS) is 8.00. The molecule has 1 aromatic heterocycles. The van der Waals surface area contributed by atoms with Gasteiger partial charge in [-0.2, -0.15) is 0 Å². The van der Waals surface area contributed by atoms with Crippen molar-refractivity contribution in [2.75, 3.05) is 0 Å². The monoisotopic (exact) mass is 135 g/mol. The number of nitro groups is 1. The number of aromatic nitrogens is 2. The molecular weight excluding hydrogens is 133 g/mol. The summed E-state index contributed by atoms with van der Waals surface area (Å²) in [5, 5.41) is 9.77. The number of nitrogens with zero attached hydrogens (tertiary/aromatic N) is 3. The summed E-state index contributed by atoms with van der Waals surface area (Å²) in [5.41, 5.74) is 0. The Balaban J connectivity index is 0.000000640. The molecule has 0 aromatic carbocycles. The Hall–Kier alpha value is -0.390. The fourth-order valence-corrected chi connectivity index (χ4v) is 0.320. The molecule has 0 bridgehead atoms. The van der Waals surface area contributed by atoms with Gasteiger partial charge in [0, 0.05) is 0 Å². The molecule has 0 amide bonds. The fraction of sp³-hybridized carbons (Fsp3) is 0. The third-order valence-corrected chi connectivity index (χ3v) is 0.634. The van der Waals surface area contributed by atoms with Gasteiger partial charge in [-0.25, -0.2) is 0 Å². The van der Waals surface area contributed by atoms with Crippen LogP contribution in [0.4, 0.5) is 5.82 Å². The summed E-state index contributed by atoms with van der Waals surface area (Å²) < 4.78 is 0. The van der Waals surface area contributed by atoms with Crippen molar-refractivity contribution >= 4 is 5.82 Å². The van der Waals surface area contributed by atoms with Gasteiger partial charge in [0.2, 0.25) is 0 Å². The summed E-state index contributed by atoms with van der Waals surface area (Å²) in [4.78, 5) is 15.9. The Morgan fingerprint density at radius 3 is 2.67 bits per heavy atom. The predicted octanol–water partition coefficient (Wildman–Crippen LogP) is -3.05. The molecule has 9 heavy (non-hydrogen) atoms. The van der Waals surface area contributed by atoms with Crippen LogP contribution in [0.5, 0.6) is 0 Å². The smallest absolute Gasteiger partial charge is 0.446 e. The molecule has 0 spiro atoms. The summed E-state index contributed by atoms with van der Waals surface area (Å²) in [5.74, 6) is -0.204. The van der Waals surface area contributed by atoms with E-state index in [1.807, 2.05) is 0 Å². The van der Waals surface area contributed by atoms with E-state index in [1.54, 1.807) is 0 Å². The molecule has 1 heterocycles. The molecular formula is C3H2N3NaO2. The number of hydrogen-bond donors (Lipinski definition) is 0. The summed E-state index contributed by atoms with van der Waals surface area (Å²) in [6, 6.07) is 0. The predicted molar refractivity (Wildman–Crippen MR) is 24.2 cm³/mol. The van der Waals surface area contributed by atoms with E-state index >= 15 is 0 Å². The first-order chi connectivity index (χ1) is 3.80. The standard InChI is InChI=1S/C3H2N3O2.Na/c7-6(8)3-1-4-2-5-3;/h1-2H;/q-1;+1. The zero-order valence-corrected chi connectivity index (χ0v) is 6.81. The number of rotatable bonds is 1. The van der Waals surface area contributed by atoms with E-state index in [-0.39, 0.29) is 35.4 Å². The van der Waals surface area contributed by atoms with E-state index in [0.717, 1.165) is 12.5 Å². The molecule has 0 aliphatic rings. The van der Waals surface area contributed by atoms with Crippen molar-refractivity contribution in [1.82, 2.24) is 9.97 Å². The molecule has 0 saturated heterocycles. The SMILES string of the molecule is O=[N+]([O-])c1c[n-]cn1.[Na+]. The Labute approximate surface area is 72.9 Å². The van der Waals surface area contributed by atoms with Gasteiger partial charge < -0.3 is 20.1 Å². The first-order valence-electron chi connectivity index (χ1n) is 1.88. The van der Waals surface area contributed by atoms with Crippen molar-refractivity contribution in [3.8, 4) is 0 Å². The van der Waals surface area contributed by atoms with Crippen molar-refractivity contribution in [2.45, 2.75) is 0 Å². The van der Waals surface area contributed by atoms with E-state index in [1.165, 1.54) is 0 Å². The van der Waals surface area contributed by atoms with Crippen LogP contribution in [0.3, 0.4) is 0 Å². The zero-order chi connectivity index (χ0) is 5.98. The Morgan fingerprint density at radius 1 is 1.78 bits per heavy atom. The molecule has 42 valence electrons. The third kappa shape index (κ3) is 2.13. The molecule has 6 heteroatoms. The third-order valence-electron chi connectivity index (χ3n) is 0.634. The molecule has 0 aliphatic heterocycles. The van der Waals surface area contributed by atoms with Crippen LogP contribution in [-0.2, 0) is 0 Å². The van der Waals surface area contributed by atoms with Crippen LogP contribution in [0.2, 0.25) is 0 Å². The van der Waals surface area contributed by atoms with Crippen LogP contribution in [0.15, 0.2) is 12.5 Å². The van der Waals surface area contributed by atoms with E-state index in [2.05, 4.69) is 9.97 Å². The van der Waals surface area contributed by atoms with Gasteiger partial charge in [-0.1, -0.05) is 11.3 Å². The molecule has 0 radical (unpaired) electrons. The maximum Gasteiger partial charge on any atom is 1.00 e. The first kappa shape index (κ1) is 8.61. The molecule has 5 nitrogen and oxygen atoms in total. The van der Waals surface area contributed by atoms with Gasteiger partial charge in [-0.05, 0) is 6.20 Å². The van der Waals surface area contributed by atoms with Crippen molar-refractivity contribution in [2.24, 2.45) is 0 Å². The van der Waals surface area contributed by atoms with Gasteiger partial charge in [0.1, 0.15) is 0 Å². The second kappa shape index (κ2) is 3.60. The molecule has 0 unspecified atom stereocenters. The first-order valence-corrected chi connectivity index (χ1v) is 1.88. The second-order valence-electron chi connectivity index (χ2n) is 1.14. The van der Waals surface area contributed by atoms with Gasteiger partial charge >= 0.3 is 29.6 Å². The van der Waals surface area contributed by atoms with E-state index in [9.17, 15) is 10.1 Å². The quantitative estimate of drug-likeness (QED) is 0.233. The number of hydrogen-bond acceptors (Lipinski definition) is 3. The molecule has 0 atom stereocenters. The van der Waals surface area contributed by atoms with Crippen molar-refractivity contribution in [3.63, 3.8) is 0 Å². The van der Waals surface area contributed by atoms with Crippen LogP contribution in [0.25, 0.3) is 0 Å².